The van der Waals surface area contributed by atoms with Gasteiger partial charge in [0, 0.05) is 15.1 Å². The lowest BCUT2D eigenvalue weighted by Crippen LogP contribution is -2.35. The molecule has 3 aromatic carbocycles. The molecule has 32 heavy (non-hydrogen) atoms. The van der Waals surface area contributed by atoms with E-state index in [1.165, 1.54) is 6.21 Å². The molecule has 3 rings (SSSR count). The van der Waals surface area contributed by atoms with Crippen molar-refractivity contribution in [2.24, 2.45) is 5.10 Å². The zero-order valence-corrected chi connectivity index (χ0v) is 19.4. The second-order valence-corrected chi connectivity index (χ2v) is 8.18. The molecule has 3 aromatic rings. The van der Waals surface area contributed by atoms with Crippen LogP contribution in [0.15, 0.2) is 82.4 Å². The first-order chi connectivity index (χ1) is 15.5. The number of carbonyl (C=O) groups is 2. The van der Waals surface area contributed by atoms with E-state index < -0.39 is 5.91 Å². The largest absolute Gasteiger partial charge is 0.488 e. The summed E-state index contributed by atoms with van der Waals surface area (Å²) in [6.07, 6.45) is 1.66. The van der Waals surface area contributed by atoms with Crippen molar-refractivity contribution in [3.63, 3.8) is 0 Å². The van der Waals surface area contributed by atoms with Crippen LogP contribution in [0.4, 0.5) is 0 Å². The third-order valence-corrected chi connectivity index (χ3v) is 5.07. The van der Waals surface area contributed by atoms with Gasteiger partial charge >= 0.3 is 0 Å². The van der Waals surface area contributed by atoms with Gasteiger partial charge in [-0.05, 0) is 41.5 Å². The Balaban J connectivity index is 1.49. The number of hydrazone groups is 1. The lowest BCUT2D eigenvalue weighted by Gasteiger charge is -2.10. The molecule has 0 heterocycles. The van der Waals surface area contributed by atoms with Crippen LogP contribution < -0.4 is 15.5 Å². The van der Waals surface area contributed by atoms with E-state index >= 15 is 0 Å². The lowest BCUT2D eigenvalue weighted by molar-refractivity contribution is -0.125. The average Bonchev–Trinajstić information content (AvgIpc) is 2.79. The van der Waals surface area contributed by atoms with Crippen molar-refractivity contribution in [2.75, 3.05) is 6.54 Å². The zero-order valence-electron chi connectivity index (χ0n) is 17.1. The highest BCUT2D eigenvalue weighted by Crippen LogP contribution is 2.22. The number of amides is 2. The Bertz CT molecular complexity index is 1090. The van der Waals surface area contributed by atoms with Gasteiger partial charge in [-0.3, -0.25) is 9.59 Å². The van der Waals surface area contributed by atoms with E-state index in [2.05, 4.69) is 31.8 Å². The number of rotatable bonds is 9. The minimum Gasteiger partial charge on any atom is -0.488 e. The van der Waals surface area contributed by atoms with Crippen LogP contribution in [-0.2, 0) is 22.6 Å². The van der Waals surface area contributed by atoms with Crippen LogP contribution in [0.3, 0.4) is 0 Å². The first-order valence-corrected chi connectivity index (χ1v) is 11.0. The van der Waals surface area contributed by atoms with Gasteiger partial charge < -0.3 is 10.1 Å². The average molecular weight is 515 g/mol. The van der Waals surface area contributed by atoms with Gasteiger partial charge in [-0.25, -0.2) is 5.43 Å². The van der Waals surface area contributed by atoms with Gasteiger partial charge in [-0.15, -0.1) is 0 Å². The quantitative estimate of drug-likeness (QED) is 0.326. The molecule has 0 spiro atoms. The Hall–Kier alpha value is -3.16. The van der Waals surface area contributed by atoms with Crippen LogP contribution in [0, 0.1) is 0 Å². The zero-order chi connectivity index (χ0) is 22.8. The Morgan fingerprint density at radius 2 is 1.72 bits per heavy atom. The number of nitrogens with zero attached hydrogens (tertiary/aromatic N) is 1. The number of hydrogen-bond donors (Lipinski definition) is 2. The summed E-state index contributed by atoms with van der Waals surface area (Å²) in [5.74, 6) is -0.0752. The van der Waals surface area contributed by atoms with E-state index in [0.29, 0.717) is 22.9 Å². The highest BCUT2D eigenvalue weighted by Gasteiger charge is 2.07. The maximum absolute atomic E-state index is 12.0. The monoisotopic (exact) mass is 513 g/mol. The van der Waals surface area contributed by atoms with E-state index in [1.54, 1.807) is 24.3 Å². The molecule has 0 bridgehead atoms. The molecule has 0 unspecified atom stereocenters. The van der Waals surface area contributed by atoms with Crippen LogP contribution in [0.5, 0.6) is 5.75 Å². The standard InChI is InChI=1S/C24H21BrClN3O3/c25-20-8-11-22(32-16-18-4-2-1-3-5-18)19(13-20)14-28-29-24(31)15-27-23(30)12-17-6-9-21(26)10-7-17/h1-11,13-14H,12,15-16H2,(H,27,30)(H,29,31)/b28-14+. The number of hydrogen-bond acceptors (Lipinski definition) is 4. The minimum atomic E-state index is -0.438. The molecule has 6 nitrogen and oxygen atoms in total. The first-order valence-electron chi connectivity index (χ1n) is 9.79. The molecule has 164 valence electrons. The molecule has 0 atom stereocenters. The number of carbonyl (C=O) groups excluding carboxylic acids is 2. The van der Waals surface area contributed by atoms with E-state index in [9.17, 15) is 9.59 Å². The van der Waals surface area contributed by atoms with Crippen LogP contribution in [0.2, 0.25) is 5.02 Å². The Labute approximate surface area is 199 Å². The number of nitrogens with one attached hydrogen (secondary N) is 2. The Morgan fingerprint density at radius 1 is 0.969 bits per heavy atom. The summed E-state index contributed by atoms with van der Waals surface area (Å²) in [6, 6.07) is 22.3. The van der Waals surface area contributed by atoms with Gasteiger partial charge in [0.25, 0.3) is 5.91 Å². The van der Waals surface area contributed by atoms with Crippen molar-refractivity contribution in [3.8, 4) is 5.75 Å². The van der Waals surface area contributed by atoms with Crippen LogP contribution in [-0.4, -0.2) is 24.6 Å². The van der Waals surface area contributed by atoms with Gasteiger partial charge in [-0.2, -0.15) is 5.10 Å². The van der Waals surface area contributed by atoms with E-state index in [0.717, 1.165) is 15.6 Å². The highest BCUT2D eigenvalue weighted by molar-refractivity contribution is 9.10. The topological polar surface area (TPSA) is 79.8 Å². The van der Waals surface area contributed by atoms with E-state index in [1.807, 2.05) is 48.5 Å². The second kappa shape index (κ2) is 12.0. The van der Waals surface area contributed by atoms with Gasteiger partial charge in [0.05, 0.1) is 19.2 Å². The predicted molar refractivity (Wildman–Crippen MR) is 129 cm³/mol. The summed E-state index contributed by atoms with van der Waals surface area (Å²) in [4.78, 5) is 24.0. The smallest absolute Gasteiger partial charge is 0.259 e. The van der Waals surface area contributed by atoms with Crippen LogP contribution in [0.25, 0.3) is 0 Å². The number of ether oxygens (including phenoxy) is 1. The summed E-state index contributed by atoms with van der Waals surface area (Å²) in [6.45, 7) is 0.231. The maximum Gasteiger partial charge on any atom is 0.259 e. The van der Waals surface area contributed by atoms with Crippen molar-refractivity contribution < 1.29 is 14.3 Å². The number of halogens is 2. The van der Waals surface area contributed by atoms with E-state index in [-0.39, 0.29) is 18.9 Å². The molecule has 0 fully saturated rings. The molecular weight excluding hydrogens is 494 g/mol. The molecule has 0 saturated heterocycles. The summed E-state index contributed by atoms with van der Waals surface area (Å²) in [7, 11) is 0. The molecule has 8 heteroatoms. The Morgan fingerprint density at radius 3 is 2.47 bits per heavy atom. The number of benzene rings is 3. The summed E-state index contributed by atoms with van der Waals surface area (Å²) in [5, 5.41) is 7.14. The molecule has 0 aliphatic heterocycles. The fourth-order valence-electron chi connectivity index (χ4n) is 2.73. The third kappa shape index (κ3) is 7.83. The Kier molecular flexibility index (Phi) is 8.83. The molecule has 0 aliphatic rings. The molecule has 0 saturated carbocycles. The van der Waals surface area contributed by atoms with Gasteiger partial charge in [0.1, 0.15) is 12.4 Å². The van der Waals surface area contributed by atoms with Gasteiger partial charge in [-0.1, -0.05) is 70.0 Å². The molecule has 0 aliphatic carbocycles. The van der Waals surface area contributed by atoms with Crippen molar-refractivity contribution in [1.29, 1.82) is 0 Å². The molecule has 2 N–H and O–H groups in total. The van der Waals surface area contributed by atoms with Crippen molar-refractivity contribution in [2.45, 2.75) is 13.0 Å². The fraction of sp³-hybridized carbons (Fsp3) is 0.125. The van der Waals surface area contributed by atoms with Crippen molar-refractivity contribution in [1.82, 2.24) is 10.7 Å². The summed E-state index contributed by atoms with van der Waals surface area (Å²) < 4.78 is 6.74. The second-order valence-electron chi connectivity index (χ2n) is 6.83. The minimum absolute atomic E-state index is 0.161. The van der Waals surface area contributed by atoms with Crippen molar-refractivity contribution in [3.05, 3.63) is 99.0 Å². The SMILES string of the molecule is O=C(Cc1ccc(Cl)cc1)NCC(=O)N/N=C/c1cc(Br)ccc1OCc1ccccc1. The molecular formula is C24H21BrClN3O3. The summed E-state index contributed by atoms with van der Waals surface area (Å²) >= 11 is 9.26. The molecule has 0 aromatic heterocycles. The highest BCUT2D eigenvalue weighted by atomic mass is 79.9. The normalized spacial score (nSPS) is 10.7. The first kappa shape index (κ1) is 23.5. The fourth-order valence-corrected chi connectivity index (χ4v) is 3.23. The predicted octanol–water partition coefficient (Wildman–Crippen LogP) is 4.49. The van der Waals surface area contributed by atoms with E-state index in [4.69, 9.17) is 16.3 Å². The lowest BCUT2D eigenvalue weighted by atomic mass is 10.1. The van der Waals surface area contributed by atoms with Crippen molar-refractivity contribution >= 4 is 45.6 Å². The molecule has 0 radical (unpaired) electrons. The maximum atomic E-state index is 12.0. The van der Waals surface area contributed by atoms with Crippen LogP contribution >= 0.6 is 27.5 Å². The van der Waals surface area contributed by atoms with Gasteiger partial charge in [0.2, 0.25) is 5.91 Å². The van der Waals surface area contributed by atoms with Crippen LogP contribution in [0.1, 0.15) is 16.7 Å². The van der Waals surface area contributed by atoms with Gasteiger partial charge in [0.15, 0.2) is 0 Å². The summed E-state index contributed by atoms with van der Waals surface area (Å²) in [5.41, 5.74) is 4.95. The third-order valence-electron chi connectivity index (χ3n) is 4.33. The molecule has 2 amide bonds.